The number of carbonyl (C=O) groups excluding carboxylic acids is 2. The second kappa shape index (κ2) is 6.97. The van der Waals surface area contributed by atoms with Crippen LogP contribution >= 0.6 is 0 Å². The fraction of sp³-hybridized carbons (Fsp3) is 0.467. The van der Waals surface area contributed by atoms with Crippen molar-refractivity contribution >= 4 is 17.7 Å². The number of benzene rings is 1. The van der Waals surface area contributed by atoms with Crippen molar-refractivity contribution in [1.82, 2.24) is 5.32 Å². The van der Waals surface area contributed by atoms with Crippen molar-refractivity contribution in [3.05, 3.63) is 23.8 Å². The Bertz CT molecular complexity index is 524. The highest BCUT2D eigenvalue weighted by atomic mass is 16.5. The molecule has 21 heavy (non-hydrogen) atoms. The summed E-state index contributed by atoms with van der Waals surface area (Å²) in [5, 5.41) is 15.3. The van der Waals surface area contributed by atoms with Crippen molar-refractivity contribution in [1.29, 1.82) is 0 Å². The van der Waals surface area contributed by atoms with Crippen LogP contribution in [0.5, 0.6) is 5.75 Å². The van der Waals surface area contributed by atoms with Gasteiger partial charge in [0, 0.05) is 6.04 Å². The maximum atomic E-state index is 11.9. The monoisotopic (exact) mass is 292 g/mol. The summed E-state index contributed by atoms with van der Waals surface area (Å²) in [5.74, 6) is -0.708. The molecule has 1 aliphatic carbocycles. The first-order chi connectivity index (χ1) is 10.1. The Morgan fingerprint density at radius 2 is 1.95 bits per heavy atom. The minimum Gasteiger partial charge on any atom is -0.506 e. The van der Waals surface area contributed by atoms with Crippen molar-refractivity contribution in [2.75, 3.05) is 12.4 Å². The van der Waals surface area contributed by atoms with Crippen LogP contribution in [0, 0.1) is 0 Å². The van der Waals surface area contributed by atoms with Gasteiger partial charge in [0.15, 0.2) is 0 Å². The smallest absolute Gasteiger partial charge is 0.337 e. The number of aromatic hydroxyl groups is 1. The summed E-state index contributed by atoms with van der Waals surface area (Å²) in [6.07, 6.45) is 5.45. The van der Waals surface area contributed by atoms with Crippen LogP contribution in [0.4, 0.5) is 10.5 Å². The predicted molar refractivity (Wildman–Crippen MR) is 78.5 cm³/mol. The molecule has 1 aromatic rings. The average molecular weight is 292 g/mol. The van der Waals surface area contributed by atoms with Crippen LogP contribution in [0.2, 0.25) is 0 Å². The van der Waals surface area contributed by atoms with E-state index in [4.69, 9.17) is 0 Å². The third-order valence-corrected chi connectivity index (χ3v) is 3.61. The molecule has 2 amide bonds. The molecule has 6 nitrogen and oxygen atoms in total. The van der Waals surface area contributed by atoms with Crippen molar-refractivity contribution in [3.63, 3.8) is 0 Å². The van der Waals surface area contributed by atoms with Gasteiger partial charge in [-0.25, -0.2) is 9.59 Å². The van der Waals surface area contributed by atoms with Crippen LogP contribution in [0.3, 0.4) is 0 Å². The van der Waals surface area contributed by atoms with E-state index >= 15 is 0 Å². The predicted octanol–water partition coefficient (Wildman–Crippen LogP) is 2.63. The summed E-state index contributed by atoms with van der Waals surface area (Å²) in [4.78, 5) is 23.2. The minimum absolute atomic E-state index is 0.170. The molecule has 0 atom stereocenters. The lowest BCUT2D eigenvalue weighted by atomic mass is 9.96. The zero-order valence-corrected chi connectivity index (χ0v) is 12.0. The fourth-order valence-corrected chi connectivity index (χ4v) is 2.47. The van der Waals surface area contributed by atoms with Crippen LogP contribution in [0.1, 0.15) is 42.5 Å². The lowest BCUT2D eigenvalue weighted by Crippen LogP contribution is -2.39. The van der Waals surface area contributed by atoms with E-state index in [1.165, 1.54) is 31.7 Å². The highest BCUT2D eigenvalue weighted by Crippen LogP contribution is 2.25. The van der Waals surface area contributed by atoms with Crippen LogP contribution in [0.25, 0.3) is 0 Å². The first kappa shape index (κ1) is 15.2. The molecule has 1 aromatic carbocycles. The molecule has 3 N–H and O–H groups in total. The van der Waals surface area contributed by atoms with Crippen LogP contribution < -0.4 is 10.6 Å². The molecule has 0 spiro atoms. The highest BCUT2D eigenvalue weighted by Gasteiger charge is 2.16. The van der Waals surface area contributed by atoms with Crippen molar-refractivity contribution in [2.24, 2.45) is 0 Å². The van der Waals surface area contributed by atoms with Crippen molar-refractivity contribution < 1.29 is 19.4 Å². The van der Waals surface area contributed by atoms with E-state index in [2.05, 4.69) is 15.4 Å². The van der Waals surface area contributed by atoms with Gasteiger partial charge in [0.2, 0.25) is 0 Å². The molecule has 2 rings (SSSR count). The van der Waals surface area contributed by atoms with Crippen LogP contribution in [-0.4, -0.2) is 30.3 Å². The van der Waals surface area contributed by atoms with E-state index in [9.17, 15) is 14.7 Å². The SMILES string of the molecule is COC(=O)c1ccc(NC(=O)NC2CCCCC2)c(O)c1. The van der Waals surface area contributed by atoms with E-state index in [0.29, 0.717) is 0 Å². The third-order valence-electron chi connectivity index (χ3n) is 3.61. The number of phenolic OH excluding ortho intramolecular Hbond substituents is 1. The number of esters is 1. The van der Waals surface area contributed by atoms with Crippen molar-refractivity contribution in [3.8, 4) is 5.75 Å². The first-order valence-electron chi connectivity index (χ1n) is 7.09. The van der Waals surface area contributed by atoms with Crippen LogP contribution in [0.15, 0.2) is 18.2 Å². The second-order valence-corrected chi connectivity index (χ2v) is 5.16. The lowest BCUT2D eigenvalue weighted by Gasteiger charge is -2.23. The second-order valence-electron chi connectivity index (χ2n) is 5.16. The first-order valence-corrected chi connectivity index (χ1v) is 7.09. The number of ether oxygens (including phenoxy) is 1. The number of rotatable bonds is 3. The minimum atomic E-state index is -0.538. The Morgan fingerprint density at radius 3 is 2.57 bits per heavy atom. The Balaban J connectivity index is 1.95. The quantitative estimate of drug-likeness (QED) is 0.590. The number of amides is 2. The molecule has 0 bridgehead atoms. The topological polar surface area (TPSA) is 87.7 Å². The molecule has 0 heterocycles. The van der Waals surface area contributed by atoms with Gasteiger partial charge in [0.25, 0.3) is 0 Å². The molecule has 0 saturated heterocycles. The van der Waals surface area contributed by atoms with Gasteiger partial charge in [-0.05, 0) is 31.0 Å². The molecule has 1 saturated carbocycles. The van der Waals surface area contributed by atoms with E-state index in [1.54, 1.807) is 0 Å². The van der Waals surface area contributed by atoms with E-state index < -0.39 is 5.97 Å². The Morgan fingerprint density at radius 1 is 1.24 bits per heavy atom. The third kappa shape index (κ3) is 4.11. The van der Waals surface area contributed by atoms with Crippen molar-refractivity contribution in [2.45, 2.75) is 38.1 Å². The van der Waals surface area contributed by atoms with Gasteiger partial charge in [0.1, 0.15) is 5.75 Å². The molecule has 1 aliphatic rings. The number of phenols is 1. The number of carbonyl (C=O) groups is 2. The molecule has 0 unspecified atom stereocenters. The molecule has 0 aromatic heterocycles. The van der Waals surface area contributed by atoms with Crippen LogP contribution in [-0.2, 0) is 4.74 Å². The molecule has 0 aliphatic heterocycles. The number of urea groups is 1. The zero-order chi connectivity index (χ0) is 15.2. The summed E-state index contributed by atoms with van der Waals surface area (Å²) in [6, 6.07) is 4.07. The van der Waals surface area contributed by atoms with E-state index in [-0.39, 0.29) is 29.1 Å². The highest BCUT2D eigenvalue weighted by molar-refractivity contribution is 5.94. The van der Waals surface area contributed by atoms with E-state index in [1.807, 2.05) is 0 Å². The van der Waals surface area contributed by atoms with Gasteiger partial charge in [-0.2, -0.15) is 0 Å². The largest absolute Gasteiger partial charge is 0.506 e. The molecule has 6 heteroatoms. The van der Waals surface area contributed by atoms with Gasteiger partial charge in [-0.3, -0.25) is 0 Å². The number of nitrogens with one attached hydrogen (secondary N) is 2. The normalized spacial score (nSPS) is 15.3. The number of hydrogen-bond donors (Lipinski definition) is 3. The van der Waals surface area contributed by atoms with Gasteiger partial charge >= 0.3 is 12.0 Å². The molecule has 0 radical (unpaired) electrons. The number of methoxy groups -OCH3 is 1. The summed E-state index contributed by atoms with van der Waals surface area (Å²) in [5.41, 5.74) is 0.490. The summed E-state index contributed by atoms with van der Waals surface area (Å²) in [7, 11) is 1.27. The van der Waals surface area contributed by atoms with E-state index in [0.717, 1.165) is 25.7 Å². The standard InChI is InChI=1S/C15H20N2O4/c1-21-14(19)10-7-8-12(13(18)9-10)17-15(20)16-11-5-3-2-4-6-11/h7-9,11,18H,2-6H2,1H3,(H2,16,17,20). The summed E-state index contributed by atoms with van der Waals surface area (Å²) < 4.78 is 4.56. The average Bonchev–Trinajstić information content (AvgIpc) is 2.49. The Kier molecular flexibility index (Phi) is 5.03. The number of hydrogen-bond acceptors (Lipinski definition) is 4. The maximum Gasteiger partial charge on any atom is 0.337 e. The number of anilines is 1. The Labute approximate surface area is 123 Å². The molecule has 114 valence electrons. The van der Waals surface area contributed by atoms with Gasteiger partial charge < -0.3 is 20.5 Å². The fourth-order valence-electron chi connectivity index (χ4n) is 2.47. The summed E-state index contributed by atoms with van der Waals surface area (Å²) >= 11 is 0. The molecular weight excluding hydrogens is 272 g/mol. The maximum absolute atomic E-state index is 11.9. The lowest BCUT2D eigenvalue weighted by molar-refractivity contribution is 0.0600. The van der Waals surface area contributed by atoms with Gasteiger partial charge in [0.05, 0.1) is 18.4 Å². The molecule has 1 fully saturated rings. The zero-order valence-electron chi connectivity index (χ0n) is 12.0. The molecular formula is C15H20N2O4. The van der Waals surface area contributed by atoms with Gasteiger partial charge in [-0.1, -0.05) is 19.3 Å². The Hall–Kier alpha value is -2.24. The van der Waals surface area contributed by atoms with Gasteiger partial charge in [-0.15, -0.1) is 0 Å². The summed E-state index contributed by atoms with van der Waals surface area (Å²) in [6.45, 7) is 0.